The zero-order valence-corrected chi connectivity index (χ0v) is 10.0. The molecule has 1 saturated carbocycles. The van der Waals surface area contributed by atoms with Crippen molar-refractivity contribution in [2.75, 3.05) is 12.3 Å². The van der Waals surface area contributed by atoms with Crippen LogP contribution in [0.5, 0.6) is 0 Å². The molecule has 0 spiro atoms. The average molecular weight is 215 g/mol. The summed E-state index contributed by atoms with van der Waals surface area (Å²) in [6, 6.07) is 0. The van der Waals surface area contributed by atoms with Crippen LogP contribution in [0.25, 0.3) is 0 Å². The number of rotatable bonds is 1. The molecule has 2 rings (SSSR count). The molecule has 0 aromatic heterocycles. The van der Waals surface area contributed by atoms with E-state index in [9.17, 15) is 0 Å². The third-order valence-corrected chi connectivity index (χ3v) is 5.85. The third kappa shape index (κ3) is 2.24. The van der Waals surface area contributed by atoms with Crippen molar-refractivity contribution in [2.45, 2.75) is 38.4 Å². The Bertz CT molecular complexity index is 223. The largest absolute Gasteiger partial charge is 0.271 e. The first kappa shape index (κ1) is 9.91. The molecule has 3 heteroatoms. The summed E-state index contributed by atoms with van der Waals surface area (Å²) in [6.45, 7) is 5.84. The summed E-state index contributed by atoms with van der Waals surface area (Å²) < 4.78 is 1.35. The molecule has 0 N–H and O–H groups in total. The second-order valence-corrected chi connectivity index (χ2v) is 7.02. The molecule has 1 fully saturated rings. The zero-order chi connectivity index (χ0) is 9.31. The van der Waals surface area contributed by atoms with Gasteiger partial charge >= 0.3 is 0 Å². The zero-order valence-electron chi connectivity index (χ0n) is 8.38. The van der Waals surface area contributed by atoms with Crippen molar-refractivity contribution in [1.82, 2.24) is 0 Å². The number of thioether (sulfide) groups is 2. The van der Waals surface area contributed by atoms with Gasteiger partial charge in [-0.2, -0.15) is 0 Å². The summed E-state index contributed by atoms with van der Waals surface area (Å²) in [5.41, 5.74) is 0.538. The summed E-state index contributed by atoms with van der Waals surface area (Å²) in [5.74, 6) is 1.20. The van der Waals surface area contributed by atoms with Crippen molar-refractivity contribution >= 4 is 27.9 Å². The lowest BCUT2D eigenvalue weighted by Crippen LogP contribution is -2.20. The predicted octanol–water partition coefficient (Wildman–Crippen LogP) is 3.40. The number of hydrogen-bond acceptors (Lipinski definition) is 3. The van der Waals surface area contributed by atoms with Crippen molar-refractivity contribution in [3.05, 3.63) is 0 Å². The lowest BCUT2D eigenvalue weighted by Gasteiger charge is -2.25. The smallest absolute Gasteiger partial charge is 0.124 e. The predicted molar refractivity (Wildman–Crippen MR) is 63.8 cm³/mol. The van der Waals surface area contributed by atoms with Gasteiger partial charge in [-0.3, -0.25) is 4.99 Å². The number of aliphatic imine (C=N–C) groups is 1. The van der Waals surface area contributed by atoms with Crippen LogP contribution >= 0.6 is 23.5 Å². The Labute approximate surface area is 89.2 Å². The topological polar surface area (TPSA) is 12.4 Å². The van der Waals surface area contributed by atoms with Crippen molar-refractivity contribution in [2.24, 2.45) is 10.4 Å². The quantitative estimate of drug-likeness (QED) is 0.664. The van der Waals surface area contributed by atoms with Gasteiger partial charge in [0.2, 0.25) is 0 Å². The van der Waals surface area contributed by atoms with Crippen LogP contribution in [0.1, 0.15) is 33.1 Å². The maximum Gasteiger partial charge on any atom is 0.124 e. The molecule has 0 amide bonds. The Morgan fingerprint density at radius 3 is 2.92 bits per heavy atom. The first-order chi connectivity index (χ1) is 6.18. The summed E-state index contributed by atoms with van der Waals surface area (Å²) in [5, 5.41) is 0.817. The first-order valence-electron chi connectivity index (χ1n) is 5.02. The molecule has 1 nitrogen and oxygen atoms in total. The van der Waals surface area contributed by atoms with E-state index in [1.165, 1.54) is 29.4 Å². The van der Waals surface area contributed by atoms with Crippen molar-refractivity contribution in [3.63, 3.8) is 0 Å². The van der Waals surface area contributed by atoms with Crippen LogP contribution in [0.15, 0.2) is 4.99 Å². The fraction of sp³-hybridized carbons (Fsp3) is 0.900. The minimum atomic E-state index is 0.538. The van der Waals surface area contributed by atoms with Gasteiger partial charge in [-0.15, -0.1) is 0 Å². The highest BCUT2D eigenvalue weighted by molar-refractivity contribution is 8.39. The first-order valence-corrected chi connectivity index (χ1v) is 6.89. The van der Waals surface area contributed by atoms with Crippen LogP contribution in [0.4, 0.5) is 0 Å². The summed E-state index contributed by atoms with van der Waals surface area (Å²) in [7, 11) is 0. The van der Waals surface area contributed by atoms with E-state index in [2.05, 4.69) is 18.8 Å². The van der Waals surface area contributed by atoms with Crippen LogP contribution in [0, 0.1) is 5.41 Å². The fourth-order valence-electron chi connectivity index (χ4n) is 2.02. The molecule has 1 unspecified atom stereocenters. The van der Waals surface area contributed by atoms with Crippen LogP contribution in [0.3, 0.4) is 0 Å². The molecule has 1 heterocycles. The van der Waals surface area contributed by atoms with Gasteiger partial charge in [0.05, 0.1) is 6.54 Å². The standard InChI is InChI=1S/C10H17NS2/c1-10(2)5-3-4-8(10)13-9-11-6-7-12-9/h8H,3-7H2,1-2H3. The second-order valence-electron chi connectivity index (χ2n) is 4.48. The van der Waals surface area contributed by atoms with Gasteiger partial charge in [-0.25, -0.2) is 0 Å². The van der Waals surface area contributed by atoms with Crippen molar-refractivity contribution < 1.29 is 0 Å². The van der Waals surface area contributed by atoms with E-state index in [0.29, 0.717) is 5.41 Å². The maximum absolute atomic E-state index is 4.51. The molecule has 1 atom stereocenters. The van der Waals surface area contributed by atoms with E-state index in [4.69, 9.17) is 0 Å². The molecule has 0 saturated heterocycles. The number of nitrogens with zero attached hydrogens (tertiary/aromatic N) is 1. The van der Waals surface area contributed by atoms with Crippen LogP contribution in [-0.2, 0) is 0 Å². The maximum atomic E-state index is 4.51. The average Bonchev–Trinajstić information content (AvgIpc) is 2.63. The molecule has 74 valence electrons. The van der Waals surface area contributed by atoms with Crippen LogP contribution in [0.2, 0.25) is 0 Å². The molecule has 1 aliphatic carbocycles. The Kier molecular flexibility index (Phi) is 2.94. The fourth-order valence-corrected chi connectivity index (χ4v) is 4.56. The molecular formula is C10H17NS2. The highest BCUT2D eigenvalue weighted by atomic mass is 32.2. The van der Waals surface area contributed by atoms with E-state index in [1.54, 1.807) is 0 Å². The van der Waals surface area contributed by atoms with Gasteiger partial charge in [0.1, 0.15) is 4.38 Å². The molecule has 0 aromatic carbocycles. The molecule has 2 aliphatic rings. The lowest BCUT2D eigenvalue weighted by molar-refractivity contribution is 0.394. The monoisotopic (exact) mass is 215 g/mol. The van der Waals surface area contributed by atoms with E-state index >= 15 is 0 Å². The normalized spacial score (nSPS) is 32.2. The summed E-state index contributed by atoms with van der Waals surface area (Å²) in [6.07, 6.45) is 4.18. The van der Waals surface area contributed by atoms with E-state index in [0.717, 1.165) is 11.8 Å². The van der Waals surface area contributed by atoms with Gasteiger partial charge < -0.3 is 0 Å². The highest BCUT2D eigenvalue weighted by Gasteiger charge is 2.36. The Hall–Kier alpha value is 0.370. The van der Waals surface area contributed by atoms with Crippen molar-refractivity contribution in [3.8, 4) is 0 Å². The van der Waals surface area contributed by atoms with Gasteiger partial charge in [-0.05, 0) is 18.3 Å². The second kappa shape index (κ2) is 3.85. The van der Waals surface area contributed by atoms with E-state index in [-0.39, 0.29) is 0 Å². The van der Waals surface area contributed by atoms with E-state index in [1.807, 2.05) is 23.5 Å². The van der Waals surface area contributed by atoms with Crippen molar-refractivity contribution in [1.29, 1.82) is 0 Å². The lowest BCUT2D eigenvalue weighted by atomic mass is 9.92. The van der Waals surface area contributed by atoms with Crippen LogP contribution < -0.4 is 0 Å². The van der Waals surface area contributed by atoms with Gasteiger partial charge in [0.25, 0.3) is 0 Å². The molecule has 13 heavy (non-hydrogen) atoms. The van der Waals surface area contributed by atoms with Crippen LogP contribution in [-0.4, -0.2) is 21.9 Å². The van der Waals surface area contributed by atoms with Gasteiger partial charge in [0, 0.05) is 11.0 Å². The van der Waals surface area contributed by atoms with E-state index < -0.39 is 0 Å². The third-order valence-electron chi connectivity index (χ3n) is 2.96. The highest BCUT2D eigenvalue weighted by Crippen LogP contribution is 2.46. The molecule has 0 aromatic rings. The minimum Gasteiger partial charge on any atom is -0.271 e. The molecule has 1 aliphatic heterocycles. The Balaban J connectivity index is 1.94. The van der Waals surface area contributed by atoms with Gasteiger partial charge in [-0.1, -0.05) is 43.8 Å². The molecular weight excluding hydrogens is 198 g/mol. The summed E-state index contributed by atoms with van der Waals surface area (Å²) in [4.78, 5) is 4.51. The Morgan fingerprint density at radius 2 is 2.38 bits per heavy atom. The minimum absolute atomic E-state index is 0.538. The summed E-state index contributed by atoms with van der Waals surface area (Å²) >= 11 is 3.98. The molecule has 0 bridgehead atoms. The SMILES string of the molecule is CC1(C)CCCC1SC1=NCCS1. The number of hydrogen-bond donors (Lipinski definition) is 0. The molecule has 0 radical (unpaired) electrons. The Morgan fingerprint density at radius 1 is 1.54 bits per heavy atom. The van der Waals surface area contributed by atoms with Gasteiger partial charge in [0.15, 0.2) is 0 Å².